The van der Waals surface area contributed by atoms with Gasteiger partial charge >= 0.3 is 12.1 Å². The first-order valence-electron chi connectivity index (χ1n) is 8.62. The molecule has 1 aromatic carbocycles. The summed E-state index contributed by atoms with van der Waals surface area (Å²) in [6, 6.07) is 9.12. The first-order chi connectivity index (χ1) is 13.0. The summed E-state index contributed by atoms with van der Waals surface area (Å²) < 4.78 is 5.19. The molecule has 0 aliphatic rings. The van der Waals surface area contributed by atoms with Gasteiger partial charge in [-0.3, -0.25) is 4.79 Å². The number of carbonyl (C=O) groups excluding carboxylic acids is 2. The number of nitrogens with zero attached hydrogens (tertiary/aromatic N) is 1. The van der Waals surface area contributed by atoms with Gasteiger partial charge in [0, 0.05) is 17.8 Å². The number of pyridine rings is 1. The highest BCUT2D eigenvalue weighted by Crippen LogP contribution is 2.13. The van der Waals surface area contributed by atoms with E-state index in [2.05, 4.69) is 15.6 Å². The summed E-state index contributed by atoms with van der Waals surface area (Å²) in [5, 5.41) is 14.3. The van der Waals surface area contributed by atoms with E-state index < -0.39 is 23.6 Å². The van der Waals surface area contributed by atoms with Crippen LogP contribution in [0.2, 0.25) is 0 Å². The number of ether oxygens (including phenoxy) is 1. The van der Waals surface area contributed by atoms with Gasteiger partial charge in [0.2, 0.25) is 0 Å². The fourth-order valence-corrected chi connectivity index (χ4v) is 2.38. The van der Waals surface area contributed by atoms with Crippen molar-refractivity contribution in [2.45, 2.75) is 39.8 Å². The average Bonchev–Trinajstić information content (AvgIpc) is 2.58. The molecule has 2 aromatic rings. The van der Waals surface area contributed by atoms with Crippen molar-refractivity contribution >= 4 is 23.8 Å². The molecule has 8 heteroatoms. The third-order valence-electron chi connectivity index (χ3n) is 3.46. The lowest BCUT2D eigenvalue weighted by Gasteiger charge is -2.19. The summed E-state index contributed by atoms with van der Waals surface area (Å²) in [5.74, 6) is -1.29. The summed E-state index contributed by atoms with van der Waals surface area (Å²) in [6.07, 6.45) is -0.543. The molecule has 0 saturated carbocycles. The van der Waals surface area contributed by atoms with Crippen molar-refractivity contribution in [1.29, 1.82) is 0 Å². The molecule has 2 amide bonds. The van der Waals surface area contributed by atoms with Gasteiger partial charge in [-0.15, -0.1) is 0 Å². The molecule has 3 N–H and O–H groups in total. The molecule has 28 heavy (non-hydrogen) atoms. The zero-order chi connectivity index (χ0) is 20.9. The number of hydrogen-bond acceptors (Lipinski definition) is 5. The van der Waals surface area contributed by atoms with Crippen LogP contribution in [0.4, 0.5) is 10.6 Å². The monoisotopic (exact) mass is 385 g/mol. The number of rotatable bonds is 5. The van der Waals surface area contributed by atoms with Gasteiger partial charge in [-0.1, -0.05) is 6.07 Å². The molecular weight excluding hydrogens is 362 g/mol. The van der Waals surface area contributed by atoms with Crippen molar-refractivity contribution in [1.82, 2.24) is 10.3 Å². The minimum absolute atomic E-state index is 0.0205. The Morgan fingerprint density at radius 3 is 2.43 bits per heavy atom. The van der Waals surface area contributed by atoms with Gasteiger partial charge in [0.15, 0.2) is 0 Å². The Balaban J connectivity index is 2.08. The number of amides is 2. The third-order valence-corrected chi connectivity index (χ3v) is 3.46. The van der Waals surface area contributed by atoms with E-state index >= 15 is 0 Å². The predicted molar refractivity (Wildman–Crippen MR) is 103 cm³/mol. The van der Waals surface area contributed by atoms with Crippen LogP contribution in [0.15, 0.2) is 36.4 Å². The van der Waals surface area contributed by atoms with Crippen LogP contribution < -0.4 is 10.6 Å². The highest BCUT2D eigenvalue weighted by atomic mass is 16.6. The molecule has 2 rings (SSSR count). The number of aryl methyl sites for hydroxylation is 1. The van der Waals surface area contributed by atoms with E-state index in [-0.39, 0.29) is 17.7 Å². The third kappa shape index (κ3) is 6.39. The van der Waals surface area contributed by atoms with E-state index in [1.165, 1.54) is 24.3 Å². The molecule has 0 saturated heterocycles. The van der Waals surface area contributed by atoms with E-state index in [1.54, 1.807) is 39.8 Å². The Morgan fingerprint density at radius 1 is 1.11 bits per heavy atom. The molecule has 1 heterocycles. The van der Waals surface area contributed by atoms with Gasteiger partial charge in [0.25, 0.3) is 5.91 Å². The lowest BCUT2D eigenvalue weighted by atomic mass is 10.1. The Labute approximate surface area is 162 Å². The van der Waals surface area contributed by atoms with Gasteiger partial charge in [-0.2, -0.15) is 0 Å². The van der Waals surface area contributed by atoms with Crippen molar-refractivity contribution in [3.05, 3.63) is 58.8 Å². The van der Waals surface area contributed by atoms with E-state index in [4.69, 9.17) is 9.84 Å². The second-order valence-corrected chi connectivity index (χ2v) is 7.20. The summed E-state index contributed by atoms with van der Waals surface area (Å²) >= 11 is 0. The number of benzene rings is 1. The zero-order valence-electron chi connectivity index (χ0n) is 16.2. The van der Waals surface area contributed by atoms with Crippen LogP contribution in [-0.4, -0.2) is 33.7 Å². The van der Waals surface area contributed by atoms with Gasteiger partial charge in [0.05, 0.1) is 5.56 Å². The van der Waals surface area contributed by atoms with E-state index in [1.807, 2.05) is 0 Å². The molecule has 0 radical (unpaired) electrons. The molecule has 0 spiro atoms. The molecule has 0 bridgehead atoms. The number of anilines is 1. The summed E-state index contributed by atoms with van der Waals surface area (Å²) in [6.45, 7) is 7.29. The number of carbonyl (C=O) groups is 3. The largest absolute Gasteiger partial charge is 0.478 e. The van der Waals surface area contributed by atoms with Crippen molar-refractivity contribution in [3.8, 4) is 0 Å². The highest BCUT2D eigenvalue weighted by molar-refractivity contribution is 6.05. The first kappa shape index (κ1) is 20.9. The highest BCUT2D eigenvalue weighted by Gasteiger charge is 2.16. The van der Waals surface area contributed by atoms with Crippen LogP contribution in [0.25, 0.3) is 0 Å². The molecule has 0 atom stereocenters. The van der Waals surface area contributed by atoms with Crippen LogP contribution in [0.1, 0.15) is 52.7 Å². The molecule has 0 aliphatic heterocycles. The van der Waals surface area contributed by atoms with E-state index in [0.717, 1.165) is 5.56 Å². The molecule has 8 nitrogen and oxygen atoms in total. The Hall–Kier alpha value is -3.42. The smallest absolute Gasteiger partial charge is 0.407 e. The minimum Gasteiger partial charge on any atom is -0.478 e. The lowest BCUT2D eigenvalue weighted by Crippen LogP contribution is -2.32. The predicted octanol–water partition coefficient (Wildman–Crippen LogP) is 3.37. The molecule has 0 unspecified atom stereocenters. The Bertz CT molecular complexity index is 903. The molecular formula is C20H23N3O5. The second kappa shape index (κ2) is 8.51. The number of carboxylic acids is 1. The maximum Gasteiger partial charge on any atom is 0.407 e. The average molecular weight is 385 g/mol. The summed E-state index contributed by atoms with van der Waals surface area (Å²) in [5.41, 5.74) is 1.01. The Morgan fingerprint density at radius 2 is 1.79 bits per heavy atom. The normalized spacial score (nSPS) is 10.9. The van der Waals surface area contributed by atoms with E-state index in [0.29, 0.717) is 11.5 Å². The molecule has 0 aliphatic carbocycles. The number of nitrogens with one attached hydrogen (secondary N) is 2. The molecule has 148 valence electrons. The quantitative estimate of drug-likeness (QED) is 0.726. The summed E-state index contributed by atoms with van der Waals surface area (Å²) in [7, 11) is 0. The maximum absolute atomic E-state index is 12.4. The summed E-state index contributed by atoms with van der Waals surface area (Å²) in [4.78, 5) is 39.5. The Kier molecular flexibility index (Phi) is 6.35. The standard InChI is InChI=1S/C20H23N3O5/c1-12-8-13(11-21-19(27)28-20(2,3)4)9-16(22-12)23-17(24)14-6-5-7-15(10-14)18(25)26/h5-10H,11H2,1-4H3,(H,21,27)(H,25,26)(H,22,23,24). The van der Waals surface area contributed by atoms with Crippen molar-refractivity contribution in [2.75, 3.05) is 5.32 Å². The number of hydrogen-bond donors (Lipinski definition) is 3. The van der Waals surface area contributed by atoms with Crippen LogP contribution >= 0.6 is 0 Å². The van der Waals surface area contributed by atoms with Gasteiger partial charge < -0.3 is 20.5 Å². The number of aromatic nitrogens is 1. The van der Waals surface area contributed by atoms with Crippen LogP contribution in [0.3, 0.4) is 0 Å². The van der Waals surface area contributed by atoms with Gasteiger partial charge in [-0.25, -0.2) is 14.6 Å². The van der Waals surface area contributed by atoms with Crippen molar-refractivity contribution in [2.24, 2.45) is 0 Å². The zero-order valence-corrected chi connectivity index (χ0v) is 16.2. The SMILES string of the molecule is Cc1cc(CNC(=O)OC(C)(C)C)cc(NC(=O)c2cccc(C(=O)O)c2)n1. The maximum atomic E-state index is 12.4. The second-order valence-electron chi connectivity index (χ2n) is 7.20. The topological polar surface area (TPSA) is 118 Å². The first-order valence-corrected chi connectivity index (χ1v) is 8.62. The van der Waals surface area contributed by atoms with Crippen LogP contribution in [0.5, 0.6) is 0 Å². The van der Waals surface area contributed by atoms with E-state index in [9.17, 15) is 14.4 Å². The fraction of sp³-hybridized carbons (Fsp3) is 0.300. The lowest BCUT2D eigenvalue weighted by molar-refractivity contribution is 0.0522. The number of aromatic carboxylic acids is 1. The molecule has 1 aromatic heterocycles. The minimum atomic E-state index is -1.11. The van der Waals surface area contributed by atoms with Gasteiger partial charge in [0.1, 0.15) is 11.4 Å². The van der Waals surface area contributed by atoms with Crippen LogP contribution in [-0.2, 0) is 11.3 Å². The number of alkyl carbamates (subject to hydrolysis) is 1. The fourth-order valence-electron chi connectivity index (χ4n) is 2.38. The molecule has 0 fully saturated rings. The van der Waals surface area contributed by atoms with Gasteiger partial charge in [-0.05, 0) is 63.6 Å². The number of carboxylic acid groups (broad SMARTS) is 1. The van der Waals surface area contributed by atoms with Crippen molar-refractivity contribution < 1.29 is 24.2 Å². The van der Waals surface area contributed by atoms with Crippen molar-refractivity contribution in [3.63, 3.8) is 0 Å². The van der Waals surface area contributed by atoms with Crippen LogP contribution in [0, 0.1) is 6.92 Å².